The molecule has 0 saturated carbocycles. The van der Waals surface area contributed by atoms with Gasteiger partial charge in [-0.1, -0.05) is 47.6 Å². The molecule has 1 unspecified atom stereocenters. The summed E-state index contributed by atoms with van der Waals surface area (Å²) in [5, 5.41) is 0. The Kier molecular flexibility index (Phi) is 7.85. The quantitative estimate of drug-likeness (QED) is 0.471. The van der Waals surface area contributed by atoms with Gasteiger partial charge in [-0.05, 0) is 31.6 Å². The van der Waals surface area contributed by atoms with Gasteiger partial charge in [0.25, 0.3) is 0 Å². The van der Waals surface area contributed by atoms with Gasteiger partial charge in [0.1, 0.15) is 11.5 Å². The molecule has 0 aromatic rings. The molecular formula is C18H32O4. The maximum absolute atomic E-state index is 12.6. The lowest BCUT2D eigenvalue weighted by molar-refractivity contribution is -0.174. The van der Waals surface area contributed by atoms with Crippen molar-refractivity contribution in [2.24, 2.45) is 10.8 Å². The largest absolute Gasteiger partial charge is 0.468 e. The predicted molar refractivity (Wildman–Crippen MR) is 88.4 cm³/mol. The van der Waals surface area contributed by atoms with Gasteiger partial charge < -0.3 is 9.47 Å². The van der Waals surface area contributed by atoms with Crippen molar-refractivity contribution in [3.05, 3.63) is 12.2 Å². The van der Waals surface area contributed by atoms with Crippen LogP contribution in [0.5, 0.6) is 0 Å². The Morgan fingerprint density at radius 3 is 2.00 bits per heavy atom. The summed E-state index contributed by atoms with van der Waals surface area (Å²) in [4.78, 5) is 24.5. The first-order chi connectivity index (χ1) is 10.1. The van der Waals surface area contributed by atoms with Crippen LogP contribution in [0.3, 0.4) is 0 Å². The molecule has 0 aliphatic heterocycles. The fourth-order valence-electron chi connectivity index (χ4n) is 2.81. The molecule has 0 N–H and O–H groups in total. The van der Waals surface area contributed by atoms with E-state index in [2.05, 4.69) is 27.4 Å². The number of carbonyl (C=O) groups excluding carboxylic acids is 2. The van der Waals surface area contributed by atoms with Crippen LogP contribution in [-0.4, -0.2) is 25.2 Å². The average molecular weight is 312 g/mol. The molecule has 22 heavy (non-hydrogen) atoms. The third kappa shape index (κ3) is 4.85. The zero-order chi connectivity index (χ0) is 17.6. The summed E-state index contributed by atoms with van der Waals surface area (Å²) in [7, 11) is 1.39. The zero-order valence-corrected chi connectivity index (χ0v) is 15.2. The maximum atomic E-state index is 12.6. The van der Waals surface area contributed by atoms with Crippen LogP contribution in [0, 0.1) is 10.8 Å². The van der Waals surface area contributed by atoms with Gasteiger partial charge in [0.2, 0.25) is 0 Å². The summed E-state index contributed by atoms with van der Waals surface area (Å²) in [6, 6.07) is 0. The monoisotopic (exact) mass is 312 g/mol. The number of methoxy groups -OCH3 is 1. The van der Waals surface area contributed by atoms with Crippen LogP contribution in [0.1, 0.15) is 67.2 Å². The summed E-state index contributed by atoms with van der Waals surface area (Å²) in [6.45, 7) is 15.4. The number of hydrogen-bond donors (Lipinski definition) is 0. The molecule has 0 aromatic carbocycles. The topological polar surface area (TPSA) is 52.6 Å². The maximum Gasteiger partial charge on any atom is 0.333 e. The first-order valence-corrected chi connectivity index (χ1v) is 8.05. The molecule has 0 fully saturated rings. The Balaban J connectivity index is 5.74. The van der Waals surface area contributed by atoms with E-state index in [0.717, 1.165) is 6.42 Å². The number of carbonyl (C=O) groups is 2. The molecule has 2 atom stereocenters. The van der Waals surface area contributed by atoms with Crippen molar-refractivity contribution < 1.29 is 19.1 Å². The van der Waals surface area contributed by atoms with Crippen LogP contribution in [-0.2, 0) is 19.1 Å². The Morgan fingerprint density at radius 1 is 1.14 bits per heavy atom. The molecule has 0 aliphatic carbocycles. The fraction of sp³-hybridized carbons (Fsp3) is 0.778. The van der Waals surface area contributed by atoms with Gasteiger partial charge in [0.15, 0.2) is 0 Å². The number of hydrogen-bond acceptors (Lipinski definition) is 4. The van der Waals surface area contributed by atoms with Crippen molar-refractivity contribution in [1.82, 2.24) is 0 Å². The molecule has 0 rings (SSSR count). The Bertz CT molecular complexity index is 411. The minimum Gasteiger partial charge on any atom is -0.468 e. The molecule has 0 aliphatic rings. The molecule has 0 bridgehead atoms. The van der Waals surface area contributed by atoms with Crippen LogP contribution < -0.4 is 0 Å². The van der Waals surface area contributed by atoms with Gasteiger partial charge in [-0.15, -0.1) is 0 Å². The summed E-state index contributed by atoms with van der Waals surface area (Å²) in [5.74, 6) is -0.763. The molecule has 128 valence electrons. The van der Waals surface area contributed by atoms with Gasteiger partial charge in [0.05, 0.1) is 7.11 Å². The molecule has 0 amide bonds. The summed E-state index contributed by atoms with van der Waals surface area (Å²) in [6.07, 6.45) is 2.14. The second-order valence-corrected chi connectivity index (χ2v) is 6.78. The van der Waals surface area contributed by atoms with Crippen LogP contribution in [0.4, 0.5) is 0 Å². The van der Waals surface area contributed by atoms with Crippen LogP contribution in [0.15, 0.2) is 12.2 Å². The summed E-state index contributed by atoms with van der Waals surface area (Å²) < 4.78 is 10.7. The molecule has 4 nitrogen and oxygen atoms in total. The van der Waals surface area contributed by atoms with Gasteiger partial charge in [-0.25, -0.2) is 4.79 Å². The normalized spacial score (nSPS) is 15.6. The van der Waals surface area contributed by atoms with E-state index in [-0.39, 0.29) is 11.4 Å². The van der Waals surface area contributed by atoms with E-state index in [1.807, 2.05) is 13.8 Å². The molecule has 4 heteroatoms. The van der Waals surface area contributed by atoms with E-state index in [4.69, 9.17) is 9.47 Å². The summed E-state index contributed by atoms with van der Waals surface area (Å²) in [5.41, 5.74) is -0.537. The number of ether oxygens (including phenoxy) is 2. The van der Waals surface area contributed by atoms with Crippen LogP contribution >= 0.6 is 0 Å². The Labute approximate surface area is 135 Å². The highest BCUT2D eigenvalue weighted by Crippen LogP contribution is 2.44. The van der Waals surface area contributed by atoms with Crippen molar-refractivity contribution >= 4 is 11.9 Å². The molecular weight excluding hydrogens is 280 g/mol. The van der Waals surface area contributed by atoms with E-state index in [0.29, 0.717) is 24.8 Å². The van der Waals surface area contributed by atoms with Crippen molar-refractivity contribution in [1.29, 1.82) is 0 Å². The minimum atomic E-state index is -0.825. The fourth-order valence-corrected chi connectivity index (χ4v) is 2.81. The standard InChI is InChI=1S/C18H32O4/c1-9-14(22-15(19)13(4)5)18(11-3,16(20)21-8)12-17(6,7)10-2/h14H,4,9-12H2,1-3,5-8H3/t14-,18?/m0/s1. The van der Waals surface area contributed by atoms with E-state index >= 15 is 0 Å². The molecule has 0 aromatic heterocycles. The van der Waals surface area contributed by atoms with Crippen molar-refractivity contribution in [3.8, 4) is 0 Å². The van der Waals surface area contributed by atoms with E-state index < -0.39 is 17.5 Å². The number of esters is 2. The van der Waals surface area contributed by atoms with Gasteiger partial charge in [-0.3, -0.25) is 4.79 Å². The third-order valence-electron chi connectivity index (χ3n) is 4.56. The lowest BCUT2D eigenvalue weighted by atomic mass is 9.66. The zero-order valence-electron chi connectivity index (χ0n) is 15.2. The Hall–Kier alpha value is -1.32. The van der Waals surface area contributed by atoms with Crippen molar-refractivity contribution in [3.63, 3.8) is 0 Å². The lowest BCUT2D eigenvalue weighted by Crippen LogP contribution is -2.47. The van der Waals surface area contributed by atoms with E-state index in [9.17, 15) is 9.59 Å². The van der Waals surface area contributed by atoms with E-state index in [1.54, 1.807) is 6.92 Å². The molecule has 0 spiro atoms. The highest BCUT2D eigenvalue weighted by atomic mass is 16.6. The van der Waals surface area contributed by atoms with Gasteiger partial charge in [0, 0.05) is 5.57 Å². The SMILES string of the molecule is C=C(C)C(=O)O[C@@H](CC)C(CC)(CC(C)(C)CC)C(=O)OC. The molecule has 0 heterocycles. The highest BCUT2D eigenvalue weighted by molar-refractivity contribution is 5.87. The minimum absolute atomic E-state index is 0.0484. The third-order valence-corrected chi connectivity index (χ3v) is 4.56. The van der Waals surface area contributed by atoms with E-state index in [1.165, 1.54) is 7.11 Å². The molecule has 0 saturated heterocycles. The Morgan fingerprint density at radius 2 is 1.68 bits per heavy atom. The van der Waals surface area contributed by atoms with Crippen molar-refractivity contribution in [2.75, 3.05) is 7.11 Å². The average Bonchev–Trinajstić information content (AvgIpc) is 2.49. The lowest BCUT2D eigenvalue weighted by Gasteiger charge is -2.41. The second kappa shape index (κ2) is 8.35. The second-order valence-electron chi connectivity index (χ2n) is 6.78. The van der Waals surface area contributed by atoms with Crippen LogP contribution in [0.25, 0.3) is 0 Å². The first kappa shape index (κ1) is 20.7. The van der Waals surface area contributed by atoms with Gasteiger partial charge >= 0.3 is 11.9 Å². The van der Waals surface area contributed by atoms with Gasteiger partial charge in [-0.2, -0.15) is 0 Å². The predicted octanol–water partition coefficient (Wildman–Crippen LogP) is 4.28. The molecule has 0 radical (unpaired) electrons. The smallest absolute Gasteiger partial charge is 0.333 e. The van der Waals surface area contributed by atoms with Crippen LogP contribution in [0.2, 0.25) is 0 Å². The highest BCUT2D eigenvalue weighted by Gasteiger charge is 2.49. The number of rotatable bonds is 9. The van der Waals surface area contributed by atoms with Crippen molar-refractivity contribution in [2.45, 2.75) is 73.3 Å². The first-order valence-electron chi connectivity index (χ1n) is 8.05. The summed E-state index contributed by atoms with van der Waals surface area (Å²) >= 11 is 0.